The summed E-state index contributed by atoms with van der Waals surface area (Å²) >= 11 is 0. The average molecular weight is 257 g/mol. The normalized spacial score (nSPS) is 9.89. The number of amides is 1. The van der Waals surface area contributed by atoms with Crippen molar-refractivity contribution in [3.05, 3.63) is 60.8 Å². The lowest BCUT2D eigenvalue weighted by atomic mass is 10.3. The number of carbonyl (C=O) groups excluding carboxylic acids is 1. The highest BCUT2D eigenvalue weighted by molar-refractivity contribution is 5.92. The molecule has 98 valence electrons. The van der Waals surface area contributed by atoms with Crippen LogP contribution in [0.3, 0.4) is 0 Å². The fourth-order valence-electron chi connectivity index (χ4n) is 1.49. The molecule has 2 heterocycles. The van der Waals surface area contributed by atoms with Gasteiger partial charge in [-0.05, 0) is 24.3 Å². The molecule has 0 saturated carbocycles. The number of nitrogens with zero attached hydrogens (tertiary/aromatic N) is 1. The maximum absolute atomic E-state index is 11.6. The standard InChI is InChI=1S/C14H15N3O2/c1-2-7-15-14(18)13-6-5-11(9-17-13)16-10-12-4-3-8-19-12/h2-6,8-9,16H,1,7,10H2,(H,15,18). The molecule has 5 heteroatoms. The van der Waals surface area contributed by atoms with E-state index < -0.39 is 0 Å². The van der Waals surface area contributed by atoms with E-state index in [2.05, 4.69) is 22.2 Å². The van der Waals surface area contributed by atoms with Crippen molar-refractivity contribution >= 4 is 11.6 Å². The Bertz CT molecular complexity index is 532. The first-order chi connectivity index (χ1) is 9.29. The summed E-state index contributed by atoms with van der Waals surface area (Å²) in [4.78, 5) is 15.7. The van der Waals surface area contributed by atoms with Gasteiger partial charge in [0, 0.05) is 6.54 Å². The molecule has 2 aromatic rings. The third-order valence-corrected chi connectivity index (χ3v) is 2.45. The Morgan fingerprint density at radius 2 is 2.32 bits per heavy atom. The minimum atomic E-state index is -0.211. The van der Waals surface area contributed by atoms with Gasteiger partial charge in [-0.2, -0.15) is 0 Å². The van der Waals surface area contributed by atoms with Crippen LogP contribution in [0.2, 0.25) is 0 Å². The summed E-state index contributed by atoms with van der Waals surface area (Å²) in [6, 6.07) is 7.20. The van der Waals surface area contributed by atoms with Gasteiger partial charge >= 0.3 is 0 Å². The maximum Gasteiger partial charge on any atom is 0.270 e. The molecule has 0 unspecified atom stereocenters. The lowest BCUT2D eigenvalue weighted by Gasteiger charge is -2.05. The van der Waals surface area contributed by atoms with E-state index in [0.717, 1.165) is 11.4 Å². The highest BCUT2D eigenvalue weighted by atomic mass is 16.3. The number of rotatable bonds is 6. The second-order valence-corrected chi connectivity index (χ2v) is 3.86. The highest BCUT2D eigenvalue weighted by Crippen LogP contribution is 2.09. The third-order valence-electron chi connectivity index (χ3n) is 2.45. The first kappa shape index (κ1) is 12.9. The Morgan fingerprint density at radius 1 is 1.42 bits per heavy atom. The first-order valence-corrected chi connectivity index (χ1v) is 5.91. The summed E-state index contributed by atoms with van der Waals surface area (Å²) in [5, 5.41) is 5.82. The van der Waals surface area contributed by atoms with Crippen LogP contribution < -0.4 is 10.6 Å². The molecule has 2 aromatic heterocycles. The summed E-state index contributed by atoms with van der Waals surface area (Å²) < 4.78 is 5.21. The molecular formula is C14H15N3O2. The van der Waals surface area contributed by atoms with Gasteiger partial charge < -0.3 is 15.1 Å². The van der Waals surface area contributed by atoms with Crippen molar-refractivity contribution in [1.82, 2.24) is 10.3 Å². The number of hydrogen-bond acceptors (Lipinski definition) is 4. The molecule has 0 aliphatic heterocycles. The number of anilines is 1. The predicted octanol–water partition coefficient (Wildman–Crippen LogP) is 2.20. The number of furan rings is 1. The van der Waals surface area contributed by atoms with Gasteiger partial charge in [0.05, 0.1) is 24.7 Å². The summed E-state index contributed by atoms with van der Waals surface area (Å²) in [7, 11) is 0. The van der Waals surface area contributed by atoms with Gasteiger partial charge in [0.25, 0.3) is 5.91 Å². The van der Waals surface area contributed by atoms with E-state index in [-0.39, 0.29) is 5.91 Å². The van der Waals surface area contributed by atoms with Gasteiger partial charge in [-0.1, -0.05) is 6.08 Å². The van der Waals surface area contributed by atoms with Crippen molar-refractivity contribution in [2.75, 3.05) is 11.9 Å². The predicted molar refractivity (Wildman–Crippen MR) is 72.8 cm³/mol. The van der Waals surface area contributed by atoms with E-state index in [0.29, 0.717) is 18.8 Å². The number of pyridine rings is 1. The summed E-state index contributed by atoms with van der Waals surface area (Å²) in [6.07, 6.45) is 4.87. The molecule has 0 aliphatic carbocycles. The second kappa shape index (κ2) is 6.39. The monoisotopic (exact) mass is 257 g/mol. The average Bonchev–Trinajstić information content (AvgIpc) is 2.96. The van der Waals surface area contributed by atoms with Crippen LogP contribution in [-0.2, 0) is 6.54 Å². The molecule has 19 heavy (non-hydrogen) atoms. The van der Waals surface area contributed by atoms with Crippen LogP contribution >= 0.6 is 0 Å². The van der Waals surface area contributed by atoms with Crippen molar-refractivity contribution in [1.29, 1.82) is 0 Å². The second-order valence-electron chi connectivity index (χ2n) is 3.86. The Morgan fingerprint density at radius 3 is 2.95 bits per heavy atom. The van der Waals surface area contributed by atoms with E-state index >= 15 is 0 Å². The van der Waals surface area contributed by atoms with Crippen LogP contribution in [0, 0.1) is 0 Å². The van der Waals surface area contributed by atoms with E-state index in [1.54, 1.807) is 30.7 Å². The largest absolute Gasteiger partial charge is 0.467 e. The molecule has 2 rings (SSSR count). The number of hydrogen-bond donors (Lipinski definition) is 2. The summed E-state index contributed by atoms with van der Waals surface area (Å²) in [5.74, 6) is 0.630. The van der Waals surface area contributed by atoms with Gasteiger partial charge in [-0.3, -0.25) is 4.79 Å². The maximum atomic E-state index is 11.6. The summed E-state index contributed by atoms with van der Waals surface area (Å²) in [6.45, 7) is 4.54. The van der Waals surface area contributed by atoms with Crippen molar-refractivity contribution in [2.24, 2.45) is 0 Å². The molecule has 5 nitrogen and oxygen atoms in total. The number of carbonyl (C=O) groups is 1. The molecule has 0 spiro atoms. The molecular weight excluding hydrogens is 242 g/mol. The SMILES string of the molecule is C=CCNC(=O)c1ccc(NCc2ccco2)cn1. The Kier molecular flexibility index (Phi) is 4.34. The Hall–Kier alpha value is -2.56. The highest BCUT2D eigenvalue weighted by Gasteiger charge is 2.05. The molecule has 0 radical (unpaired) electrons. The van der Waals surface area contributed by atoms with E-state index in [1.807, 2.05) is 12.1 Å². The topological polar surface area (TPSA) is 67.2 Å². The number of nitrogens with one attached hydrogen (secondary N) is 2. The molecule has 0 aromatic carbocycles. The van der Waals surface area contributed by atoms with Crippen molar-refractivity contribution in [2.45, 2.75) is 6.54 Å². The van der Waals surface area contributed by atoms with Gasteiger partial charge in [0.1, 0.15) is 11.5 Å². The zero-order valence-corrected chi connectivity index (χ0v) is 10.4. The van der Waals surface area contributed by atoms with Crippen LogP contribution in [0.15, 0.2) is 53.8 Å². The quantitative estimate of drug-likeness (QED) is 0.778. The zero-order valence-electron chi connectivity index (χ0n) is 10.4. The first-order valence-electron chi connectivity index (χ1n) is 5.91. The van der Waals surface area contributed by atoms with Crippen molar-refractivity contribution in [3.63, 3.8) is 0 Å². The van der Waals surface area contributed by atoms with Crippen LogP contribution in [0.1, 0.15) is 16.2 Å². The zero-order chi connectivity index (χ0) is 13.5. The van der Waals surface area contributed by atoms with Gasteiger partial charge in [-0.15, -0.1) is 6.58 Å². The third kappa shape index (κ3) is 3.70. The fourth-order valence-corrected chi connectivity index (χ4v) is 1.49. The van der Waals surface area contributed by atoms with E-state index in [1.165, 1.54) is 0 Å². The molecule has 2 N–H and O–H groups in total. The lowest BCUT2D eigenvalue weighted by Crippen LogP contribution is -2.24. The smallest absolute Gasteiger partial charge is 0.270 e. The minimum Gasteiger partial charge on any atom is -0.467 e. The number of aromatic nitrogens is 1. The van der Waals surface area contributed by atoms with Crippen molar-refractivity contribution in [3.8, 4) is 0 Å². The summed E-state index contributed by atoms with van der Waals surface area (Å²) in [5.41, 5.74) is 1.21. The van der Waals surface area contributed by atoms with Crippen LogP contribution in [0.5, 0.6) is 0 Å². The molecule has 0 bridgehead atoms. The van der Waals surface area contributed by atoms with E-state index in [4.69, 9.17) is 4.42 Å². The van der Waals surface area contributed by atoms with Crippen molar-refractivity contribution < 1.29 is 9.21 Å². The molecule has 0 saturated heterocycles. The fraction of sp³-hybridized carbons (Fsp3) is 0.143. The van der Waals surface area contributed by atoms with E-state index in [9.17, 15) is 4.79 Å². The van der Waals surface area contributed by atoms with Gasteiger partial charge in [0.15, 0.2) is 0 Å². The molecule has 1 amide bonds. The minimum absolute atomic E-state index is 0.211. The molecule has 0 fully saturated rings. The lowest BCUT2D eigenvalue weighted by molar-refractivity contribution is 0.0953. The Labute approximate surface area is 111 Å². The van der Waals surface area contributed by atoms with Crippen LogP contribution in [0.4, 0.5) is 5.69 Å². The molecule has 0 aliphatic rings. The molecule has 0 atom stereocenters. The van der Waals surface area contributed by atoms with Crippen LogP contribution in [0.25, 0.3) is 0 Å². The van der Waals surface area contributed by atoms with Gasteiger partial charge in [0.2, 0.25) is 0 Å². The van der Waals surface area contributed by atoms with Gasteiger partial charge in [-0.25, -0.2) is 4.98 Å². The Balaban J connectivity index is 1.90. The van der Waals surface area contributed by atoms with Crippen LogP contribution in [-0.4, -0.2) is 17.4 Å².